The van der Waals surface area contributed by atoms with Gasteiger partial charge in [-0.2, -0.15) is 4.89 Å². The summed E-state index contributed by atoms with van der Waals surface area (Å²) < 4.78 is 32.6. The third-order valence-corrected chi connectivity index (χ3v) is 5.83. The molecule has 1 aromatic heterocycles. The molecule has 0 unspecified atom stereocenters. The maximum atomic E-state index is 13.4. The van der Waals surface area contributed by atoms with E-state index in [2.05, 4.69) is 0 Å². The van der Waals surface area contributed by atoms with Gasteiger partial charge in [0.05, 0.1) is 40.4 Å². The molecule has 2 heterocycles. The van der Waals surface area contributed by atoms with Gasteiger partial charge in [0.2, 0.25) is 23.2 Å². The molecule has 13 heteroatoms. The highest BCUT2D eigenvalue weighted by atomic mass is 17.2. The van der Waals surface area contributed by atoms with Crippen molar-refractivity contribution in [2.75, 3.05) is 35.0 Å². The van der Waals surface area contributed by atoms with Gasteiger partial charge in [-0.05, 0) is 6.07 Å². The van der Waals surface area contributed by atoms with E-state index in [9.17, 15) is 25.2 Å². The highest BCUT2D eigenvalue weighted by Crippen LogP contribution is 2.43. The number of fused-ring (bicyclic) bond motifs is 2. The minimum absolute atomic E-state index is 0.0584. The molecule has 196 valence electrons. The number of methoxy groups -OCH3 is 4. The third kappa shape index (κ3) is 4.25. The van der Waals surface area contributed by atoms with E-state index < -0.39 is 42.7 Å². The van der Waals surface area contributed by atoms with Gasteiger partial charge in [-0.1, -0.05) is 0 Å². The van der Waals surface area contributed by atoms with E-state index in [1.807, 2.05) is 0 Å². The van der Waals surface area contributed by atoms with Crippen molar-refractivity contribution in [3.05, 3.63) is 28.4 Å². The summed E-state index contributed by atoms with van der Waals surface area (Å²) in [6, 6.07) is 4.16. The molecule has 4 rings (SSSR count). The molecule has 3 aromatic rings. The molecule has 0 aliphatic carbocycles. The van der Waals surface area contributed by atoms with Crippen LogP contribution in [0.3, 0.4) is 0 Å². The lowest BCUT2D eigenvalue weighted by Gasteiger charge is -2.38. The fourth-order valence-corrected chi connectivity index (χ4v) is 3.96. The van der Waals surface area contributed by atoms with Crippen LogP contribution in [0.5, 0.6) is 28.7 Å². The Balaban J connectivity index is 1.76. The van der Waals surface area contributed by atoms with Crippen molar-refractivity contribution in [2.45, 2.75) is 30.7 Å². The molecule has 1 aliphatic rings. The highest BCUT2D eigenvalue weighted by Gasteiger charge is 2.45. The second-order valence-electron chi connectivity index (χ2n) is 7.83. The lowest BCUT2D eigenvalue weighted by atomic mass is 9.99. The summed E-state index contributed by atoms with van der Waals surface area (Å²) in [7, 11) is 5.56. The van der Waals surface area contributed by atoms with Crippen molar-refractivity contribution in [1.29, 1.82) is 0 Å². The Morgan fingerprint density at radius 3 is 2.08 bits per heavy atom. The molecule has 0 spiro atoms. The van der Waals surface area contributed by atoms with Gasteiger partial charge in [0.1, 0.15) is 41.0 Å². The van der Waals surface area contributed by atoms with Crippen LogP contribution in [0.25, 0.3) is 21.9 Å². The summed E-state index contributed by atoms with van der Waals surface area (Å²) in [5.74, 6) is 0.641. The zero-order valence-electron chi connectivity index (χ0n) is 19.8. The molecule has 0 bridgehead atoms. The van der Waals surface area contributed by atoms with E-state index in [0.717, 1.165) is 0 Å². The molecule has 0 amide bonds. The Labute approximate surface area is 203 Å². The van der Waals surface area contributed by atoms with Gasteiger partial charge in [0.15, 0.2) is 17.2 Å². The molecule has 4 N–H and O–H groups in total. The summed E-state index contributed by atoms with van der Waals surface area (Å²) in [6.45, 7) is -0.639. The number of aliphatic hydroxyl groups excluding tert-OH is 4. The number of ether oxygens (including phenoxy) is 5. The number of hydrogen-bond donors (Lipinski definition) is 4. The summed E-state index contributed by atoms with van der Waals surface area (Å²) in [6.07, 6.45) is -7.66. The summed E-state index contributed by atoms with van der Waals surface area (Å²) in [5, 5.41) is 39.6. The second-order valence-corrected chi connectivity index (χ2v) is 7.83. The van der Waals surface area contributed by atoms with E-state index in [0.29, 0.717) is 0 Å². The fraction of sp³-hybridized carbons (Fsp3) is 0.435. The number of hydrogen-bond acceptors (Lipinski definition) is 13. The van der Waals surface area contributed by atoms with Gasteiger partial charge in [-0.25, -0.2) is 0 Å². The highest BCUT2D eigenvalue weighted by molar-refractivity contribution is 5.97. The Morgan fingerprint density at radius 1 is 0.806 bits per heavy atom. The molecule has 13 nitrogen and oxygen atoms in total. The maximum Gasteiger partial charge on any atom is 0.232 e. The van der Waals surface area contributed by atoms with Crippen LogP contribution < -0.4 is 29.3 Å². The summed E-state index contributed by atoms with van der Waals surface area (Å²) in [5.41, 5.74) is -0.202. The average Bonchev–Trinajstić information content (AvgIpc) is 2.89. The van der Waals surface area contributed by atoms with Crippen LogP contribution in [0, 0.1) is 0 Å². The van der Waals surface area contributed by atoms with E-state index in [4.69, 9.17) is 37.9 Å². The molecule has 2 aromatic carbocycles. The fourth-order valence-electron chi connectivity index (χ4n) is 3.96. The normalized spacial score (nSPS) is 24.1. The second kappa shape index (κ2) is 10.3. The largest absolute Gasteiger partial charge is 0.493 e. The predicted molar refractivity (Wildman–Crippen MR) is 122 cm³/mol. The number of benzene rings is 2. The molecular formula is C23H26O13. The zero-order valence-corrected chi connectivity index (χ0v) is 19.8. The Bertz CT molecular complexity index is 1300. The van der Waals surface area contributed by atoms with Crippen LogP contribution in [-0.2, 0) is 9.62 Å². The van der Waals surface area contributed by atoms with Crippen molar-refractivity contribution in [3.63, 3.8) is 0 Å². The van der Waals surface area contributed by atoms with Gasteiger partial charge in [-0.3, -0.25) is 4.79 Å². The van der Waals surface area contributed by atoms with Gasteiger partial charge < -0.3 is 53.4 Å². The Hall–Kier alpha value is -3.33. The van der Waals surface area contributed by atoms with Crippen LogP contribution in [0.1, 0.15) is 0 Å². The lowest BCUT2D eigenvalue weighted by Crippen LogP contribution is -2.59. The molecular weight excluding hydrogens is 484 g/mol. The number of aliphatic hydroxyl groups is 4. The van der Waals surface area contributed by atoms with E-state index >= 15 is 0 Å². The summed E-state index contributed by atoms with van der Waals surface area (Å²) >= 11 is 0. The van der Waals surface area contributed by atoms with E-state index in [1.54, 1.807) is 0 Å². The SMILES string of the molecule is COc1cc2c(=O)c3c(OC)c(OC)c(OC)cc3oc2cc1OO[C@H]1O[C@H](CO)[C@@H](O)[C@H](O)[C@H]1O. The van der Waals surface area contributed by atoms with Crippen LogP contribution in [0.15, 0.2) is 27.4 Å². The molecule has 5 atom stereocenters. The van der Waals surface area contributed by atoms with Gasteiger partial charge >= 0.3 is 0 Å². The van der Waals surface area contributed by atoms with Crippen molar-refractivity contribution >= 4 is 21.9 Å². The topological polar surface area (TPSA) is 176 Å². The van der Waals surface area contributed by atoms with Crippen molar-refractivity contribution < 1.29 is 58.3 Å². The van der Waals surface area contributed by atoms with Crippen molar-refractivity contribution in [2.24, 2.45) is 0 Å². The maximum absolute atomic E-state index is 13.4. The molecule has 1 fully saturated rings. The van der Waals surface area contributed by atoms with Crippen molar-refractivity contribution in [3.8, 4) is 28.7 Å². The minimum Gasteiger partial charge on any atom is -0.493 e. The standard InChI is InChI=1S/C23H26O13/c1-29-11-5-9-10(6-12(11)35-36-23-20(28)19(27)18(26)15(8-24)34-23)33-13-7-14(30-2)21(31-3)22(32-4)16(13)17(9)25/h5-7,15,18-20,23-24,26-28H,8H2,1-4H3/t15-,18-,19+,20-,23-/m1/s1. The molecule has 1 saturated heterocycles. The van der Waals surface area contributed by atoms with E-state index in [1.165, 1.54) is 46.6 Å². The first kappa shape index (κ1) is 25.8. The Kier molecular flexibility index (Phi) is 7.40. The molecule has 1 aliphatic heterocycles. The van der Waals surface area contributed by atoms with Crippen LogP contribution in [-0.4, -0.2) is 86.2 Å². The first-order chi connectivity index (χ1) is 17.3. The monoisotopic (exact) mass is 510 g/mol. The molecule has 0 saturated carbocycles. The van der Waals surface area contributed by atoms with Gasteiger partial charge in [-0.15, -0.1) is 0 Å². The smallest absolute Gasteiger partial charge is 0.232 e. The third-order valence-electron chi connectivity index (χ3n) is 5.83. The number of rotatable bonds is 8. The Morgan fingerprint density at radius 2 is 1.47 bits per heavy atom. The van der Waals surface area contributed by atoms with Gasteiger partial charge in [0.25, 0.3) is 0 Å². The van der Waals surface area contributed by atoms with Crippen LogP contribution in [0.2, 0.25) is 0 Å². The van der Waals surface area contributed by atoms with Crippen LogP contribution in [0.4, 0.5) is 0 Å². The molecule has 36 heavy (non-hydrogen) atoms. The van der Waals surface area contributed by atoms with Crippen LogP contribution >= 0.6 is 0 Å². The first-order valence-corrected chi connectivity index (χ1v) is 10.7. The molecule has 0 radical (unpaired) electrons. The zero-order chi connectivity index (χ0) is 26.1. The summed E-state index contributed by atoms with van der Waals surface area (Å²) in [4.78, 5) is 23.8. The lowest BCUT2D eigenvalue weighted by molar-refractivity contribution is -0.387. The quantitative estimate of drug-likeness (QED) is 0.182. The first-order valence-electron chi connectivity index (χ1n) is 10.7. The average molecular weight is 510 g/mol. The minimum atomic E-state index is -1.69. The predicted octanol–water partition coefficient (Wildman–Crippen LogP) is 0.0909. The van der Waals surface area contributed by atoms with Crippen molar-refractivity contribution in [1.82, 2.24) is 0 Å². The van der Waals surface area contributed by atoms with Gasteiger partial charge in [0, 0.05) is 12.1 Å². The van der Waals surface area contributed by atoms with E-state index in [-0.39, 0.29) is 50.7 Å².